The molecule has 0 saturated carbocycles. The highest BCUT2D eigenvalue weighted by atomic mass is 35.5. The van der Waals surface area contributed by atoms with Crippen LogP contribution in [-0.2, 0) is 0 Å². The Balaban J connectivity index is 1.98. The van der Waals surface area contributed by atoms with Crippen LogP contribution in [0.3, 0.4) is 0 Å². The van der Waals surface area contributed by atoms with Gasteiger partial charge in [0.05, 0.1) is 40.3 Å². The summed E-state index contributed by atoms with van der Waals surface area (Å²) in [7, 11) is 4.33. The lowest BCUT2D eigenvalue weighted by Gasteiger charge is -2.41. The maximum absolute atomic E-state index is 12.7. The van der Waals surface area contributed by atoms with Gasteiger partial charge in [-0.3, -0.25) is 9.59 Å². The number of rotatable bonds is 1. The number of carbonyl (C=O) groups excluding carboxylic acids is 2. The van der Waals surface area contributed by atoms with Gasteiger partial charge in [-0.15, -0.1) is 0 Å². The molecule has 0 aromatic heterocycles. The van der Waals surface area contributed by atoms with Crippen molar-refractivity contribution in [1.82, 2.24) is 4.90 Å². The van der Waals surface area contributed by atoms with E-state index in [1.165, 1.54) is 0 Å². The van der Waals surface area contributed by atoms with E-state index in [1.54, 1.807) is 24.3 Å². The Morgan fingerprint density at radius 3 is 2.10 bits per heavy atom. The third kappa shape index (κ3) is 2.39. The second-order valence-electron chi connectivity index (χ2n) is 6.24. The van der Waals surface area contributed by atoms with Gasteiger partial charge in [0.15, 0.2) is 0 Å². The highest BCUT2D eigenvalue weighted by molar-refractivity contribution is 6.49. The molecule has 1 aliphatic heterocycles. The first kappa shape index (κ1) is 14.3. The van der Waals surface area contributed by atoms with Crippen LogP contribution in [0.4, 0.5) is 0 Å². The number of allylic oxidation sites excluding steroid dienone is 2. The molecule has 1 fully saturated rings. The van der Waals surface area contributed by atoms with Gasteiger partial charge in [-0.25, -0.2) is 0 Å². The molecule has 110 valence electrons. The maximum Gasteiger partial charge on any atom is 0.211 e. The highest BCUT2D eigenvalue weighted by Crippen LogP contribution is 2.31. The van der Waals surface area contributed by atoms with Crippen molar-refractivity contribution < 1.29 is 14.1 Å². The number of hydrogen-bond acceptors (Lipinski definition) is 3. The minimum Gasteiger partial charge on any atom is -0.356 e. The molecule has 0 atom stereocenters. The molecule has 1 aromatic carbocycles. The second-order valence-corrected chi connectivity index (χ2v) is 6.61. The Morgan fingerprint density at radius 1 is 1.00 bits per heavy atom. The summed E-state index contributed by atoms with van der Waals surface area (Å²) in [6, 6.07) is 6.88. The number of quaternary nitrogens is 1. The molecule has 0 spiro atoms. The summed E-state index contributed by atoms with van der Waals surface area (Å²) >= 11 is 6.22. The highest BCUT2D eigenvalue weighted by Gasteiger charge is 2.36. The van der Waals surface area contributed by atoms with Crippen LogP contribution in [0.1, 0.15) is 20.7 Å². The number of hydrogen-bond donors (Lipinski definition) is 0. The Labute approximate surface area is 129 Å². The fourth-order valence-electron chi connectivity index (χ4n) is 2.84. The number of Topliss-reactive ketones (excluding diaryl/α,β-unsaturated/α-hetero) is 2. The van der Waals surface area contributed by atoms with E-state index >= 15 is 0 Å². The third-order valence-electron chi connectivity index (χ3n) is 4.31. The molecule has 0 radical (unpaired) electrons. The Bertz CT molecular complexity index is 654. The van der Waals surface area contributed by atoms with Gasteiger partial charge in [0.25, 0.3) is 0 Å². The van der Waals surface area contributed by atoms with Crippen molar-refractivity contribution >= 4 is 23.2 Å². The topological polar surface area (TPSA) is 37.4 Å². The first-order chi connectivity index (χ1) is 9.91. The van der Waals surface area contributed by atoms with Gasteiger partial charge >= 0.3 is 0 Å². The van der Waals surface area contributed by atoms with Gasteiger partial charge in [-0.2, -0.15) is 0 Å². The summed E-state index contributed by atoms with van der Waals surface area (Å²) in [6.45, 7) is 3.33. The Hall–Kier alpha value is -1.65. The van der Waals surface area contributed by atoms with Gasteiger partial charge in [0, 0.05) is 11.1 Å². The molecule has 1 saturated heterocycles. The van der Waals surface area contributed by atoms with Crippen LogP contribution in [0.5, 0.6) is 0 Å². The molecule has 1 aliphatic carbocycles. The predicted octanol–water partition coefficient (Wildman–Crippen LogP) is 1.91. The molecule has 21 heavy (non-hydrogen) atoms. The van der Waals surface area contributed by atoms with E-state index in [-0.39, 0.29) is 16.6 Å². The number of nitrogens with zero attached hydrogens (tertiary/aromatic N) is 2. The first-order valence-corrected chi connectivity index (χ1v) is 7.44. The number of fused-ring (bicyclic) bond motifs is 1. The quantitative estimate of drug-likeness (QED) is 0.744. The van der Waals surface area contributed by atoms with Crippen LogP contribution in [-0.4, -0.2) is 61.2 Å². The van der Waals surface area contributed by atoms with Crippen molar-refractivity contribution in [3.8, 4) is 0 Å². The fraction of sp³-hybridized carbons (Fsp3) is 0.375. The van der Waals surface area contributed by atoms with Crippen molar-refractivity contribution in [2.75, 3.05) is 40.3 Å². The van der Waals surface area contributed by atoms with E-state index < -0.39 is 0 Å². The minimum absolute atomic E-state index is 0.0610. The fourth-order valence-corrected chi connectivity index (χ4v) is 3.15. The summed E-state index contributed by atoms with van der Waals surface area (Å²) in [5.74, 6) is -0.386. The van der Waals surface area contributed by atoms with Crippen molar-refractivity contribution in [2.45, 2.75) is 0 Å². The summed E-state index contributed by atoms with van der Waals surface area (Å²) in [5.41, 5.74) is 1.24. The van der Waals surface area contributed by atoms with Gasteiger partial charge in [0.1, 0.15) is 10.7 Å². The normalized spacial score (nSPS) is 21.6. The van der Waals surface area contributed by atoms with E-state index in [2.05, 4.69) is 14.1 Å². The summed E-state index contributed by atoms with van der Waals surface area (Å²) in [4.78, 5) is 27.0. The van der Waals surface area contributed by atoms with E-state index in [4.69, 9.17) is 11.6 Å². The van der Waals surface area contributed by atoms with E-state index in [9.17, 15) is 9.59 Å². The number of carbonyl (C=O) groups is 2. The minimum atomic E-state index is -0.249. The van der Waals surface area contributed by atoms with Crippen LogP contribution < -0.4 is 0 Å². The summed E-state index contributed by atoms with van der Waals surface area (Å²) in [6.07, 6.45) is 0. The predicted molar refractivity (Wildman–Crippen MR) is 81.4 cm³/mol. The molecule has 1 aromatic rings. The van der Waals surface area contributed by atoms with Crippen LogP contribution in [0, 0.1) is 0 Å². The standard InChI is InChI=1S/C16H18ClN2O2/c1-19(2)9-7-18(8-10-19)14-13(17)15(20)11-5-3-4-6-12(11)16(14)21/h3-6H,7-10H2,1-2H3/q+1. The molecule has 0 bridgehead atoms. The third-order valence-corrected chi connectivity index (χ3v) is 4.66. The van der Waals surface area contributed by atoms with Gasteiger partial charge in [-0.05, 0) is 0 Å². The zero-order chi connectivity index (χ0) is 15.2. The summed E-state index contributed by atoms with van der Waals surface area (Å²) in [5, 5.41) is 0.0610. The number of likely N-dealkylation sites (N-methyl/N-ethyl adjacent to an activating group) is 1. The molecule has 0 amide bonds. The maximum atomic E-state index is 12.7. The van der Waals surface area contributed by atoms with Crippen LogP contribution in [0.15, 0.2) is 35.0 Å². The lowest BCUT2D eigenvalue weighted by Crippen LogP contribution is -2.55. The van der Waals surface area contributed by atoms with Gasteiger partial charge in [-0.1, -0.05) is 35.9 Å². The molecule has 0 unspecified atom stereocenters. The SMILES string of the molecule is C[N+]1(C)CCN(C2=C(Cl)C(=O)c3ccccc3C2=O)CC1. The Kier molecular flexibility index (Phi) is 3.38. The zero-order valence-corrected chi connectivity index (χ0v) is 13.0. The molecule has 5 heteroatoms. The molecule has 0 N–H and O–H groups in total. The van der Waals surface area contributed by atoms with Crippen LogP contribution >= 0.6 is 11.6 Å². The molecular weight excluding hydrogens is 288 g/mol. The number of halogens is 1. The van der Waals surface area contributed by atoms with E-state index in [1.807, 2.05) is 4.90 Å². The average Bonchev–Trinajstić information content (AvgIpc) is 2.47. The lowest BCUT2D eigenvalue weighted by atomic mass is 9.91. The van der Waals surface area contributed by atoms with Gasteiger partial charge in [0.2, 0.25) is 11.6 Å². The van der Waals surface area contributed by atoms with Gasteiger partial charge < -0.3 is 9.38 Å². The Morgan fingerprint density at radius 2 is 1.52 bits per heavy atom. The molecule has 2 aliphatic rings. The van der Waals surface area contributed by atoms with Crippen molar-refractivity contribution in [3.05, 3.63) is 46.1 Å². The zero-order valence-electron chi connectivity index (χ0n) is 12.2. The first-order valence-electron chi connectivity index (χ1n) is 7.06. The average molecular weight is 306 g/mol. The number of benzene rings is 1. The molecule has 1 heterocycles. The number of ketones is 2. The lowest BCUT2D eigenvalue weighted by molar-refractivity contribution is -0.894. The van der Waals surface area contributed by atoms with E-state index in [0.29, 0.717) is 16.8 Å². The molecule has 4 nitrogen and oxygen atoms in total. The largest absolute Gasteiger partial charge is 0.356 e. The smallest absolute Gasteiger partial charge is 0.211 e. The van der Waals surface area contributed by atoms with Crippen molar-refractivity contribution in [3.63, 3.8) is 0 Å². The second kappa shape index (κ2) is 4.97. The van der Waals surface area contributed by atoms with Crippen LogP contribution in [0.2, 0.25) is 0 Å². The monoisotopic (exact) mass is 305 g/mol. The number of piperazine rings is 1. The summed E-state index contributed by atoms with van der Waals surface area (Å²) < 4.78 is 0.917. The molecule has 3 rings (SSSR count). The van der Waals surface area contributed by atoms with Crippen molar-refractivity contribution in [1.29, 1.82) is 0 Å². The van der Waals surface area contributed by atoms with Crippen molar-refractivity contribution in [2.24, 2.45) is 0 Å². The van der Waals surface area contributed by atoms with Crippen LogP contribution in [0.25, 0.3) is 0 Å². The van der Waals surface area contributed by atoms with E-state index in [0.717, 1.165) is 30.7 Å². The molecular formula is C16H18ClN2O2+.